The summed E-state index contributed by atoms with van der Waals surface area (Å²) < 4.78 is 0. The molecule has 14 heavy (non-hydrogen) atoms. The number of alkyl halides is 1. The number of carbonyl (C=O) groups is 1. The van der Waals surface area contributed by atoms with Gasteiger partial charge in [-0.3, -0.25) is 0 Å². The number of fused-ring (bicyclic) bond motifs is 1. The van der Waals surface area contributed by atoms with Gasteiger partial charge in [0, 0.05) is 23.0 Å². The maximum absolute atomic E-state index is 10.9. The van der Waals surface area contributed by atoms with Crippen LogP contribution in [0.5, 0.6) is 0 Å². The third kappa shape index (κ3) is 1.26. The van der Waals surface area contributed by atoms with E-state index in [1.165, 1.54) is 0 Å². The zero-order valence-electron chi connectivity index (χ0n) is 7.25. The minimum Gasteiger partial charge on any atom is -0.478 e. The van der Waals surface area contributed by atoms with Crippen molar-refractivity contribution in [1.29, 1.82) is 0 Å². The molecular formula is C10H8ClNO2. The average molecular weight is 210 g/mol. The molecule has 0 bridgehead atoms. The SMILES string of the molecule is O=C(O)c1ccc2[nH]ccc2c1CCl. The Hall–Kier alpha value is -1.48. The van der Waals surface area contributed by atoms with Crippen molar-refractivity contribution >= 4 is 28.5 Å². The molecule has 4 heteroatoms. The van der Waals surface area contributed by atoms with Gasteiger partial charge in [-0.05, 0) is 23.8 Å². The minimum absolute atomic E-state index is 0.205. The van der Waals surface area contributed by atoms with Crippen molar-refractivity contribution < 1.29 is 9.90 Å². The van der Waals surface area contributed by atoms with Gasteiger partial charge in [-0.25, -0.2) is 4.79 Å². The van der Waals surface area contributed by atoms with E-state index in [1.807, 2.05) is 6.07 Å². The molecule has 2 N–H and O–H groups in total. The molecule has 3 nitrogen and oxygen atoms in total. The van der Waals surface area contributed by atoms with Crippen LogP contribution in [-0.2, 0) is 5.88 Å². The molecule has 0 saturated carbocycles. The summed E-state index contributed by atoms with van der Waals surface area (Å²) in [5.41, 5.74) is 1.84. The quantitative estimate of drug-likeness (QED) is 0.747. The highest BCUT2D eigenvalue weighted by molar-refractivity contribution is 6.19. The molecule has 0 radical (unpaired) electrons. The molecule has 1 heterocycles. The molecule has 0 fully saturated rings. The van der Waals surface area contributed by atoms with Gasteiger partial charge in [-0.2, -0.15) is 0 Å². The van der Waals surface area contributed by atoms with Crippen LogP contribution in [0.25, 0.3) is 10.9 Å². The van der Waals surface area contributed by atoms with Gasteiger partial charge >= 0.3 is 5.97 Å². The number of benzene rings is 1. The summed E-state index contributed by atoms with van der Waals surface area (Å²) in [7, 11) is 0. The summed E-state index contributed by atoms with van der Waals surface area (Å²) >= 11 is 5.73. The summed E-state index contributed by atoms with van der Waals surface area (Å²) in [6, 6.07) is 5.15. The summed E-state index contributed by atoms with van der Waals surface area (Å²) in [5, 5.41) is 9.80. The van der Waals surface area contributed by atoms with Gasteiger partial charge < -0.3 is 10.1 Å². The number of aromatic amines is 1. The molecule has 2 rings (SSSR count). The number of rotatable bonds is 2. The maximum Gasteiger partial charge on any atom is 0.336 e. The van der Waals surface area contributed by atoms with Crippen LogP contribution >= 0.6 is 11.6 Å². The summed E-state index contributed by atoms with van der Waals surface area (Å²) in [6.07, 6.45) is 1.77. The monoisotopic (exact) mass is 209 g/mol. The largest absolute Gasteiger partial charge is 0.478 e. The Bertz CT molecular complexity index is 490. The number of hydrogen-bond donors (Lipinski definition) is 2. The lowest BCUT2D eigenvalue weighted by atomic mass is 10.0. The first kappa shape index (κ1) is 9.09. The van der Waals surface area contributed by atoms with E-state index in [2.05, 4.69) is 4.98 Å². The van der Waals surface area contributed by atoms with Crippen molar-refractivity contribution in [2.45, 2.75) is 5.88 Å². The first-order chi connectivity index (χ1) is 6.74. The van der Waals surface area contributed by atoms with Gasteiger partial charge in [0.1, 0.15) is 0 Å². The van der Waals surface area contributed by atoms with E-state index in [0.717, 1.165) is 10.9 Å². The van der Waals surface area contributed by atoms with Crippen LogP contribution in [0.1, 0.15) is 15.9 Å². The summed E-state index contributed by atoms with van der Waals surface area (Å²) in [6.45, 7) is 0. The molecule has 1 aromatic carbocycles. The topological polar surface area (TPSA) is 53.1 Å². The molecule has 0 unspecified atom stereocenters. The second-order valence-electron chi connectivity index (χ2n) is 2.97. The third-order valence-corrected chi connectivity index (χ3v) is 2.48. The standard InChI is InChI=1S/C10H8ClNO2/c11-5-8-6-3-4-12-9(6)2-1-7(8)10(13)14/h1-4,12H,5H2,(H,13,14). The molecular weight excluding hydrogens is 202 g/mol. The molecule has 0 aliphatic rings. The van der Waals surface area contributed by atoms with Crippen LogP contribution in [0, 0.1) is 0 Å². The number of carboxylic acids is 1. The van der Waals surface area contributed by atoms with Crippen molar-refractivity contribution in [3.8, 4) is 0 Å². The Morgan fingerprint density at radius 1 is 1.43 bits per heavy atom. The number of carboxylic acid groups (broad SMARTS) is 1. The van der Waals surface area contributed by atoms with Crippen LogP contribution in [-0.4, -0.2) is 16.1 Å². The molecule has 72 valence electrons. The van der Waals surface area contributed by atoms with E-state index in [-0.39, 0.29) is 11.4 Å². The fraction of sp³-hybridized carbons (Fsp3) is 0.100. The normalized spacial score (nSPS) is 10.6. The smallest absolute Gasteiger partial charge is 0.336 e. The minimum atomic E-state index is -0.941. The van der Waals surface area contributed by atoms with Gasteiger partial charge in [0.25, 0.3) is 0 Å². The lowest BCUT2D eigenvalue weighted by Crippen LogP contribution is -2.01. The number of aromatic carboxylic acids is 1. The highest BCUT2D eigenvalue weighted by Crippen LogP contribution is 2.23. The van der Waals surface area contributed by atoms with E-state index in [1.54, 1.807) is 18.3 Å². The second kappa shape index (κ2) is 3.35. The predicted octanol–water partition coefficient (Wildman–Crippen LogP) is 2.60. The Labute approximate surface area is 85.3 Å². The zero-order chi connectivity index (χ0) is 10.1. The molecule has 0 saturated heterocycles. The van der Waals surface area contributed by atoms with Crippen molar-refractivity contribution in [3.63, 3.8) is 0 Å². The molecule has 0 atom stereocenters. The molecule has 2 aromatic rings. The number of aromatic nitrogens is 1. The summed E-state index contributed by atoms with van der Waals surface area (Å²) in [4.78, 5) is 13.9. The Morgan fingerprint density at radius 3 is 2.86 bits per heavy atom. The van der Waals surface area contributed by atoms with Crippen molar-refractivity contribution in [3.05, 3.63) is 35.5 Å². The van der Waals surface area contributed by atoms with Crippen LogP contribution in [0.2, 0.25) is 0 Å². The van der Waals surface area contributed by atoms with E-state index >= 15 is 0 Å². The molecule has 1 aromatic heterocycles. The summed E-state index contributed by atoms with van der Waals surface area (Å²) in [5.74, 6) is -0.736. The lowest BCUT2D eigenvalue weighted by Gasteiger charge is -2.03. The Morgan fingerprint density at radius 2 is 2.21 bits per heavy atom. The van der Waals surface area contributed by atoms with Gasteiger partial charge in [-0.15, -0.1) is 11.6 Å². The average Bonchev–Trinajstić information content (AvgIpc) is 2.63. The highest BCUT2D eigenvalue weighted by Gasteiger charge is 2.12. The fourth-order valence-corrected chi connectivity index (χ4v) is 1.83. The highest BCUT2D eigenvalue weighted by atomic mass is 35.5. The van der Waals surface area contributed by atoms with Crippen molar-refractivity contribution in [2.24, 2.45) is 0 Å². The van der Waals surface area contributed by atoms with Gasteiger partial charge in [0.05, 0.1) is 5.56 Å². The van der Waals surface area contributed by atoms with Crippen LogP contribution < -0.4 is 0 Å². The van der Waals surface area contributed by atoms with Gasteiger partial charge in [0.15, 0.2) is 0 Å². The zero-order valence-corrected chi connectivity index (χ0v) is 8.01. The molecule has 0 amide bonds. The van der Waals surface area contributed by atoms with Crippen LogP contribution in [0.15, 0.2) is 24.4 Å². The van der Waals surface area contributed by atoms with Gasteiger partial charge in [0.2, 0.25) is 0 Å². The van der Waals surface area contributed by atoms with E-state index in [4.69, 9.17) is 16.7 Å². The Kier molecular flexibility index (Phi) is 2.17. The number of nitrogens with one attached hydrogen (secondary N) is 1. The molecule has 0 aliphatic carbocycles. The lowest BCUT2D eigenvalue weighted by molar-refractivity contribution is 0.0696. The number of halogens is 1. The van der Waals surface area contributed by atoms with Crippen molar-refractivity contribution in [1.82, 2.24) is 4.98 Å². The first-order valence-corrected chi connectivity index (χ1v) is 4.65. The first-order valence-electron chi connectivity index (χ1n) is 4.12. The Balaban J connectivity index is 2.78. The van der Waals surface area contributed by atoms with E-state index < -0.39 is 5.97 Å². The number of H-pyrrole nitrogens is 1. The maximum atomic E-state index is 10.9. The van der Waals surface area contributed by atoms with E-state index in [9.17, 15) is 4.79 Å². The van der Waals surface area contributed by atoms with Crippen LogP contribution in [0.3, 0.4) is 0 Å². The van der Waals surface area contributed by atoms with Gasteiger partial charge in [-0.1, -0.05) is 0 Å². The van der Waals surface area contributed by atoms with E-state index in [0.29, 0.717) is 5.56 Å². The third-order valence-electron chi connectivity index (χ3n) is 2.21. The molecule has 0 aliphatic heterocycles. The van der Waals surface area contributed by atoms with Crippen molar-refractivity contribution in [2.75, 3.05) is 0 Å². The van der Waals surface area contributed by atoms with Crippen LogP contribution in [0.4, 0.5) is 0 Å². The predicted molar refractivity (Wildman–Crippen MR) is 54.8 cm³/mol. The fourth-order valence-electron chi connectivity index (χ4n) is 1.54. The second-order valence-corrected chi connectivity index (χ2v) is 3.24. The number of hydrogen-bond acceptors (Lipinski definition) is 1. The molecule has 0 spiro atoms.